The smallest absolute Gasteiger partial charge is 0.316 e. The third-order valence-corrected chi connectivity index (χ3v) is 5.38. The number of ether oxygens (including phenoxy) is 1. The van der Waals surface area contributed by atoms with Crippen LogP contribution in [0.5, 0.6) is 0 Å². The first-order valence-electron chi connectivity index (χ1n) is 8.88. The van der Waals surface area contributed by atoms with E-state index in [0.29, 0.717) is 24.6 Å². The zero-order chi connectivity index (χ0) is 17.0. The molecule has 128 valence electrons. The van der Waals surface area contributed by atoms with Crippen molar-refractivity contribution in [1.29, 1.82) is 0 Å². The fraction of sp³-hybridized carbons (Fsp3) is 0.650. The third kappa shape index (κ3) is 3.60. The quantitative estimate of drug-likeness (QED) is 0.712. The lowest BCUT2D eigenvalue weighted by atomic mass is 9.57. The Kier molecular flexibility index (Phi) is 5.85. The van der Waals surface area contributed by atoms with Gasteiger partial charge in [0.1, 0.15) is 6.61 Å². The van der Waals surface area contributed by atoms with Crippen LogP contribution < -0.4 is 0 Å². The number of esters is 1. The molecular formula is C20H31NO2. The average molecular weight is 317 g/mol. The Hall–Kier alpha value is -1.35. The SMILES string of the molecule is CC(C)N(CCOC(=O)[C@]1(c2ccccc2)CC[C@@H]1C)C(C)C. The summed E-state index contributed by atoms with van der Waals surface area (Å²) < 4.78 is 5.72. The van der Waals surface area contributed by atoms with Crippen molar-refractivity contribution in [3.05, 3.63) is 35.9 Å². The van der Waals surface area contributed by atoms with E-state index in [2.05, 4.69) is 51.7 Å². The monoisotopic (exact) mass is 317 g/mol. The Balaban J connectivity index is 2.01. The van der Waals surface area contributed by atoms with Crippen LogP contribution >= 0.6 is 0 Å². The predicted molar refractivity (Wildman–Crippen MR) is 94.5 cm³/mol. The Morgan fingerprint density at radius 3 is 2.26 bits per heavy atom. The molecule has 0 aliphatic heterocycles. The molecule has 1 saturated carbocycles. The van der Waals surface area contributed by atoms with Gasteiger partial charge in [-0.05, 0) is 52.0 Å². The first-order valence-corrected chi connectivity index (χ1v) is 8.88. The first kappa shape index (κ1) is 18.0. The van der Waals surface area contributed by atoms with E-state index in [1.165, 1.54) is 0 Å². The molecule has 0 heterocycles. The van der Waals surface area contributed by atoms with Gasteiger partial charge >= 0.3 is 5.97 Å². The van der Waals surface area contributed by atoms with Crippen molar-refractivity contribution in [2.45, 2.75) is 65.0 Å². The summed E-state index contributed by atoms with van der Waals surface area (Å²) in [6.45, 7) is 12.1. The van der Waals surface area contributed by atoms with E-state index >= 15 is 0 Å². The molecule has 0 radical (unpaired) electrons. The lowest BCUT2D eigenvalue weighted by molar-refractivity contribution is -0.158. The number of nitrogens with zero attached hydrogens (tertiary/aromatic N) is 1. The molecule has 3 heteroatoms. The fourth-order valence-electron chi connectivity index (χ4n) is 3.79. The van der Waals surface area contributed by atoms with E-state index in [0.717, 1.165) is 24.9 Å². The zero-order valence-corrected chi connectivity index (χ0v) is 15.2. The highest BCUT2D eigenvalue weighted by atomic mass is 16.5. The molecule has 2 atom stereocenters. The summed E-state index contributed by atoms with van der Waals surface area (Å²) in [7, 11) is 0. The van der Waals surface area contributed by atoms with Crippen molar-refractivity contribution in [1.82, 2.24) is 4.90 Å². The van der Waals surface area contributed by atoms with Crippen LogP contribution in [0.1, 0.15) is 53.0 Å². The Morgan fingerprint density at radius 2 is 1.83 bits per heavy atom. The average Bonchev–Trinajstić information content (AvgIpc) is 2.50. The van der Waals surface area contributed by atoms with E-state index in [9.17, 15) is 4.79 Å². The van der Waals surface area contributed by atoms with Crippen molar-refractivity contribution in [2.24, 2.45) is 5.92 Å². The van der Waals surface area contributed by atoms with Gasteiger partial charge < -0.3 is 4.74 Å². The molecule has 2 rings (SSSR count). The molecular weight excluding hydrogens is 286 g/mol. The van der Waals surface area contributed by atoms with Gasteiger partial charge in [-0.15, -0.1) is 0 Å². The number of carbonyl (C=O) groups is 1. The molecule has 0 saturated heterocycles. The molecule has 1 fully saturated rings. The van der Waals surface area contributed by atoms with Crippen LogP contribution in [0.15, 0.2) is 30.3 Å². The summed E-state index contributed by atoms with van der Waals surface area (Å²) >= 11 is 0. The zero-order valence-electron chi connectivity index (χ0n) is 15.2. The van der Waals surface area contributed by atoms with E-state index in [1.54, 1.807) is 0 Å². The molecule has 0 amide bonds. The summed E-state index contributed by atoms with van der Waals surface area (Å²) in [6.07, 6.45) is 1.99. The second-order valence-electron chi connectivity index (χ2n) is 7.34. The van der Waals surface area contributed by atoms with Crippen molar-refractivity contribution < 1.29 is 9.53 Å². The van der Waals surface area contributed by atoms with Crippen LogP contribution in [-0.2, 0) is 14.9 Å². The Labute approximate surface area is 141 Å². The highest BCUT2D eigenvalue weighted by Crippen LogP contribution is 2.49. The highest BCUT2D eigenvalue weighted by molar-refractivity contribution is 5.85. The number of hydrogen-bond acceptors (Lipinski definition) is 3. The molecule has 1 aliphatic rings. The fourth-order valence-corrected chi connectivity index (χ4v) is 3.79. The Morgan fingerprint density at radius 1 is 1.22 bits per heavy atom. The van der Waals surface area contributed by atoms with Crippen LogP contribution in [0.4, 0.5) is 0 Å². The van der Waals surface area contributed by atoms with Gasteiger partial charge in [0.15, 0.2) is 0 Å². The summed E-state index contributed by atoms with van der Waals surface area (Å²) in [5.41, 5.74) is 0.676. The minimum Gasteiger partial charge on any atom is -0.464 e. The van der Waals surface area contributed by atoms with Crippen molar-refractivity contribution in [3.8, 4) is 0 Å². The van der Waals surface area contributed by atoms with E-state index < -0.39 is 5.41 Å². The molecule has 0 aromatic heterocycles. The van der Waals surface area contributed by atoms with Gasteiger partial charge in [-0.25, -0.2) is 0 Å². The van der Waals surface area contributed by atoms with Crippen LogP contribution in [0, 0.1) is 5.92 Å². The standard InChI is InChI=1S/C20H31NO2/c1-15(2)21(16(3)4)13-14-23-19(22)20(12-11-17(20)5)18-9-7-6-8-10-18/h6-10,15-17H,11-14H2,1-5H3/t17-,20+/m0/s1. The van der Waals surface area contributed by atoms with Crippen molar-refractivity contribution in [2.75, 3.05) is 13.2 Å². The maximum atomic E-state index is 12.8. The van der Waals surface area contributed by atoms with Gasteiger partial charge in [0.05, 0.1) is 5.41 Å². The van der Waals surface area contributed by atoms with E-state index in [-0.39, 0.29) is 5.97 Å². The van der Waals surface area contributed by atoms with Crippen LogP contribution in [0.2, 0.25) is 0 Å². The number of benzene rings is 1. The summed E-state index contributed by atoms with van der Waals surface area (Å²) in [5.74, 6) is 0.304. The topological polar surface area (TPSA) is 29.5 Å². The summed E-state index contributed by atoms with van der Waals surface area (Å²) in [5, 5.41) is 0. The predicted octanol–water partition coefficient (Wildman–Crippen LogP) is 4.02. The third-order valence-electron chi connectivity index (χ3n) is 5.38. The van der Waals surface area contributed by atoms with Gasteiger partial charge in [0.25, 0.3) is 0 Å². The van der Waals surface area contributed by atoms with Gasteiger partial charge in [-0.2, -0.15) is 0 Å². The molecule has 1 aromatic carbocycles. The maximum absolute atomic E-state index is 12.8. The van der Waals surface area contributed by atoms with Crippen molar-refractivity contribution >= 4 is 5.97 Å². The molecule has 0 unspecified atom stereocenters. The van der Waals surface area contributed by atoms with E-state index in [4.69, 9.17) is 4.74 Å². The lowest BCUT2D eigenvalue weighted by Gasteiger charge is -2.46. The second-order valence-corrected chi connectivity index (χ2v) is 7.34. The van der Waals surface area contributed by atoms with Gasteiger partial charge in [0.2, 0.25) is 0 Å². The van der Waals surface area contributed by atoms with Gasteiger partial charge in [-0.1, -0.05) is 37.3 Å². The van der Waals surface area contributed by atoms with Crippen LogP contribution in [0.25, 0.3) is 0 Å². The number of hydrogen-bond donors (Lipinski definition) is 0. The minimum atomic E-state index is -0.429. The van der Waals surface area contributed by atoms with Gasteiger partial charge in [0, 0.05) is 18.6 Å². The largest absolute Gasteiger partial charge is 0.464 e. The Bertz CT molecular complexity index is 504. The number of rotatable bonds is 7. The second kappa shape index (κ2) is 7.48. The van der Waals surface area contributed by atoms with Crippen LogP contribution in [-0.4, -0.2) is 36.1 Å². The molecule has 3 nitrogen and oxygen atoms in total. The maximum Gasteiger partial charge on any atom is 0.316 e. The summed E-state index contributed by atoms with van der Waals surface area (Å²) in [6, 6.07) is 11.0. The first-order chi connectivity index (χ1) is 10.9. The molecule has 0 bridgehead atoms. The summed E-state index contributed by atoms with van der Waals surface area (Å²) in [4.78, 5) is 15.2. The molecule has 0 spiro atoms. The molecule has 23 heavy (non-hydrogen) atoms. The molecule has 1 aliphatic carbocycles. The molecule has 0 N–H and O–H groups in total. The highest BCUT2D eigenvalue weighted by Gasteiger charge is 2.52. The van der Waals surface area contributed by atoms with Gasteiger partial charge in [-0.3, -0.25) is 9.69 Å². The minimum absolute atomic E-state index is 0.0464. The lowest BCUT2D eigenvalue weighted by Crippen LogP contribution is -2.51. The van der Waals surface area contributed by atoms with Crippen molar-refractivity contribution in [3.63, 3.8) is 0 Å². The van der Waals surface area contributed by atoms with E-state index in [1.807, 2.05) is 18.2 Å². The normalized spacial score (nSPS) is 24.1. The number of carbonyl (C=O) groups excluding carboxylic acids is 1. The van der Waals surface area contributed by atoms with Crippen LogP contribution in [0.3, 0.4) is 0 Å². The molecule has 1 aromatic rings.